The molecule has 1 atom stereocenters. The summed E-state index contributed by atoms with van der Waals surface area (Å²) in [6.07, 6.45) is 5.14. The summed E-state index contributed by atoms with van der Waals surface area (Å²) in [6, 6.07) is 12.2. The molecule has 10 heteroatoms. The second-order valence-corrected chi connectivity index (χ2v) is 10.9. The number of amides is 1. The van der Waals surface area contributed by atoms with Gasteiger partial charge in [0.1, 0.15) is 16.8 Å². The lowest BCUT2D eigenvalue weighted by molar-refractivity contribution is -0.133. The van der Waals surface area contributed by atoms with E-state index in [4.69, 9.17) is 0 Å². The minimum Gasteiger partial charge on any atom is -0.339 e. The summed E-state index contributed by atoms with van der Waals surface area (Å²) in [5.74, 6) is 0.704. The lowest BCUT2D eigenvalue weighted by Gasteiger charge is -2.20. The fourth-order valence-corrected chi connectivity index (χ4v) is 6.37. The zero-order valence-electron chi connectivity index (χ0n) is 18.5. The summed E-state index contributed by atoms with van der Waals surface area (Å²) in [5.41, 5.74) is 0.997. The van der Waals surface area contributed by atoms with Gasteiger partial charge in [-0.25, -0.2) is 22.4 Å². The maximum absolute atomic E-state index is 13.3. The Morgan fingerprint density at radius 3 is 2.68 bits per heavy atom. The largest absolute Gasteiger partial charge is 0.339 e. The highest BCUT2D eigenvalue weighted by atomic mass is 32.2. The second kappa shape index (κ2) is 7.14. The monoisotopic (exact) mass is 474 g/mol. The molecule has 1 saturated heterocycles. The summed E-state index contributed by atoms with van der Waals surface area (Å²) in [4.78, 5) is 24.0. The second-order valence-electron chi connectivity index (χ2n) is 9.08. The zero-order valence-corrected chi connectivity index (χ0v) is 19.4. The molecule has 1 unspecified atom stereocenters. The minimum atomic E-state index is -3.81. The van der Waals surface area contributed by atoms with E-state index in [0.717, 1.165) is 17.8 Å². The maximum Gasteiger partial charge on any atom is 0.269 e. The van der Waals surface area contributed by atoms with Crippen LogP contribution in [0.4, 0.5) is 0 Å². The molecule has 1 amide bonds. The van der Waals surface area contributed by atoms with Crippen molar-refractivity contribution < 1.29 is 13.2 Å². The number of nitrogens with zero attached hydrogens (tertiary/aromatic N) is 6. The Morgan fingerprint density at radius 2 is 1.97 bits per heavy atom. The first-order chi connectivity index (χ1) is 16.4. The fourth-order valence-electron chi connectivity index (χ4n) is 5.05. The standard InChI is InChI=1S/C24H22N6O3S/c1-16-27-20-13-26-22-19(8-12-29(22)34(32,33)18-5-3-2-4-6-18)21(20)30(16)17-7-11-28(14-17)23(31)24(15-25)9-10-24/h2-6,8,12-13,17H,7,9-11,14H2,1H3. The van der Waals surface area contributed by atoms with E-state index >= 15 is 0 Å². The van der Waals surface area contributed by atoms with Gasteiger partial charge in [-0.1, -0.05) is 18.2 Å². The van der Waals surface area contributed by atoms with Crippen LogP contribution in [0.2, 0.25) is 0 Å². The topological polar surface area (TPSA) is 114 Å². The number of imidazole rings is 1. The molecule has 3 aromatic heterocycles. The number of likely N-dealkylation sites (tertiary alicyclic amines) is 1. The van der Waals surface area contributed by atoms with Crippen molar-refractivity contribution in [3.63, 3.8) is 0 Å². The lowest BCUT2D eigenvalue weighted by Crippen LogP contribution is -2.35. The number of benzene rings is 1. The summed E-state index contributed by atoms with van der Waals surface area (Å²) in [6.45, 7) is 3.00. The van der Waals surface area contributed by atoms with E-state index in [0.29, 0.717) is 42.5 Å². The Kier molecular flexibility index (Phi) is 4.38. The number of aryl methyl sites for hydroxylation is 1. The first-order valence-electron chi connectivity index (χ1n) is 11.2. The van der Waals surface area contributed by atoms with E-state index in [1.165, 1.54) is 10.2 Å². The summed E-state index contributed by atoms with van der Waals surface area (Å²) < 4.78 is 29.8. The third kappa shape index (κ3) is 2.90. The highest BCUT2D eigenvalue weighted by Crippen LogP contribution is 2.47. The van der Waals surface area contributed by atoms with Crippen LogP contribution < -0.4 is 0 Å². The van der Waals surface area contributed by atoms with Gasteiger partial charge in [-0.3, -0.25) is 4.79 Å². The predicted molar refractivity (Wildman–Crippen MR) is 124 cm³/mol. The lowest BCUT2D eigenvalue weighted by atomic mass is 10.1. The van der Waals surface area contributed by atoms with E-state index in [1.54, 1.807) is 47.5 Å². The first-order valence-corrected chi connectivity index (χ1v) is 12.7. The Hall–Kier alpha value is -3.71. The van der Waals surface area contributed by atoms with Crippen molar-refractivity contribution >= 4 is 38.0 Å². The predicted octanol–water partition coefficient (Wildman–Crippen LogP) is 3.01. The Labute approximate surface area is 196 Å². The van der Waals surface area contributed by atoms with Crippen molar-refractivity contribution in [3.05, 3.63) is 54.6 Å². The minimum absolute atomic E-state index is 0.0110. The van der Waals surface area contributed by atoms with Gasteiger partial charge in [0, 0.05) is 24.7 Å². The van der Waals surface area contributed by atoms with Gasteiger partial charge < -0.3 is 9.47 Å². The maximum atomic E-state index is 13.3. The van der Waals surface area contributed by atoms with Crippen LogP contribution >= 0.6 is 0 Å². The highest BCUT2D eigenvalue weighted by Gasteiger charge is 2.53. The van der Waals surface area contributed by atoms with Gasteiger partial charge in [-0.2, -0.15) is 5.26 Å². The molecule has 1 aliphatic carbocycles. The van der Waals surface area contributed by atoms with Crippen LogP contribution in [0, 0.1) is 23.7 Å². The molecular weight excluding hydrogens is 452 g/mol. The molecule has 4 heterocycles. The summed E-state index contributed by atoms with van der Waals surface area (Å²) in [5, 5.41) is 10.1. The molecule has 34 heavy (non-hydrogen) atoms. The Balaban J connectivity index is 1.43. The van der Waals surface area contributed by atoms with E-state index in [2.05, 4.69) is 20.6 Å². The fraction of sp³-hybridized carbons (Fsp3) is 0.333. The van der Waals surface area contributed by atoms with E-state index in [1.807, 2.05) is 6.92 Å². The van der Waals surface area contributed by atoms with Crippen molar-refractivity contribution in [1.29, 1.82) is 5.26 Å². The zero-order chi connectivity index (χ0) is 23.7. The van der Waals surface area contributed by atoms with Crippen LogP contribution in [-0.2, 0) is 14.8 Å². The molecular formula is C24H22N6O3S. The summed E-state index contributed by atoms with van der Waals surface area (Å²) in [7, 11) is -3.81. The van der Waals surface area contributed by atoms with E-state index in [9.17, 15) is 18.5 Å². The molecule has 1 aromatic carbocycles. The quantitative estimate of drug-likeness (QED) is 0.449. The Morgan fingerprint density at radius 1 is 1.21 bits per heavy atom. The molecule has 0 N–H and O–H groups in total. The SMILES string of the molecule is Cc1nc2cnc3c(ccn3S(=O)(=O)c3ccccc3)c2n1C1CCN(C(=O)C2(C#N)CC2)C1. The molecule has 0 bridgehead atoms. The number of pyridine rings is 1. The molecule has 0 radical (unpaired) electrons. The first kappa shape index (κ1) is 20.9. The van der Waals surface area contributed by atoms with Crippen LogP contribution in [0.5, 0.6) is 0 Å². The van der Waals surface area contributed by atoms with Gasteiger partial charge in [0.15, 0.2) is 5.65 Å². The molecule has 2 fully saturated rings. The van der Waals surface area contributed by atoms with Crippen molar-refractivity contribution in [1.82, 2.24) is 23.4 Å². The number of hydrogen-bond donors (Lipinski definition) is 0. The number of hydrogen-bond acceptors (Lipinski definition) is 6. The van der Waals surface area contributed by atoms with Crippen molar-refractivity contribution in [2.75, 3.05) is 13.1 Å². The highest BCUT2D eigenvalue weighted by molar-refractivity contribution is 7.90. The molecule has 4 aromatic rings. The number of aromatic nitrogens is 4. The molecule has 9 nitrogen and oxygen atoms in total. The van der Waals surface area contributed by atoms with Crippen LogP contribution in [-0.4, -0.2) is 50.8 Å². The van der Waals surface area contributed by atoms with Crippen LogP contribution in [0.15, 0.2) is 53.7 Å². The molecule has 2 aliphatic rings. The molecule has 0 spiro atoms. The van der Waals surface area contributed by atoms with Crippen LogP contribution in [0.1, 0.15) is 31.1 Å². The van der Waals surface area contributed by atoms with E-state index in [-0.39, 0.29) is 16.8 Å². The third-order valence-electron chi connectivity index (χ3n) is 6.99. The van der Waals surface area contributed by atoms with Crippen LogP contribution in [0.25, 0.3) is 22.1 Å². The third-order valence-corrected chi connectivity index (χ3v) is 8.67. The number of fused-ring (bicyclic) bond motifs is 3. The molecule has 1 saturated carbocycles. The number of carbonyl (C=O) groups excluding carboxylic acids is 1. The summed E-state index contributed by atoms with van der Waals surface area (Å²) >= 11 is 0. The smallest absolute Gasteiger partial charge is 0.269 e. The molecule has 1 aliphatic heterocycles. The van der Waals surface area contributed by atoms with Gasteiger partial charge >= 0.3 is 0 Å². The number of nitriles is 1. The van der Waals surface area contributed by atoms with Gasteiger partial charge in [-0.15, -0.1) is 0 Å². The van der Waals surface area contributed by atoms with Gasteiger partial charge in [0.2, 0.25) is 5.91 Å². The van der Waals surface area contributed by atoms with Crippen molar-refractivity contribution in [2.24, 2.45) is 5.41 Å². The van der Waals surface area contributed by atoms with Crippen molar-refractivity contribution in [2.45, 2.75) is 37.1 Å². The van der Waals surface area contributed by atoms with Gasteiger partial charge in [0.05, 0.1) is 28.7 Å². The normalized spacial score (nSPS) is 19.5. The molecule has 6 rings (SSSR count). The van der Waals surface area contributed by atoms with Gasteiger partial charge in [0.25, 0.3) is 10.0 Å². The molecule has 172 valence electrons. The average Bonchev–Trinajstić information content (AvgIpc) is 3.15. The number of rotatable bonds is 4. The van der Waals surface area contributed by atoms with Crippen LogP contribution in [0.3, 0.4) is 0 Å². The van der Waals surface area contributed by atoms with E-state index < -0.39 is 15.4 Å². The number of carbonyl (C=O) groups is 1. The average molecular weight is 475 g/mol. The van der Waals surface area contributed by atoms with Gasteiger partial charge in [-0.05, 0) is 44.4 Å². The van der Waals surface area contributed by atoms with Crippen molar-refractivity contribution in [3.8, 4) is 6.07 Å². The Bertz CT molecular complexity index is 1610.